The van der Waals surface area contributed by atoms with Crippen LogP contribution in [0.4, 0.5) is 5.69 Å². The van der Waals surface area contributed by atoms with E-state index >= 15 is 0 Å². The van der Waals surface area contributed by atoms with E-state index in [1.807, 2.05) is 0 Å². The van der Waals surface area contributed by atoms with Crippen molar-refractivity contribution >= 4 is 29.2 Å². The van der Waals surface area contributed by atoms with Crippen LogP contribution in [0, 0.1) is 0 Å². The van der Waals surface area contributed by atoms with Gasteiger partial charge in [-0.1, -0.05) is 36.7 Å². The molecule has 0 aliphatic carbocycles. The number of nitrogens with one attached hydrogen (secondary N) is 1. The van der Waals surface area contributed by atoms with Crippen LogP contribution in [-0.2, 0) is 16.1 Å². The summed E-state index contributed by atoms with van der Waals surface area (Å²) in [6.07, 6.45) is 0.380. The van der Waals surface area contributed by atoms with Gasteiger partial charge in [0.1, 0.15) is 6.61 Å². The molecule has 2 aromatic carbocycles. The summed E-state index contributed by atoms with van der Waals surface area (Å²) in [7, 11) is 0. The highest BCUT2D eigenvalue weighted by molar-refractivity contribution is 6.30. The largest absolute Gasteiger partial charge is 0.457 e. The monoisotopic (exact) mass is 317 g/mol. The van der Waals surface area contributed by atoms with Crippen LogP contribution in [-0.4, -0.2) is 11.9 Å². The van der Waals surface area contributed by atoms with Crippen LogP contribution in [0.5, 0.6) is 0 Å². The van der Waals surface area contributed by atoms with E-state index in [9.17, 15) is 9.59 Å². The number of hydrogen-bond donors (Lipinski definition) is 1. The van der Waals surface area contributed by atoms with Gasteiger partial charge < -0.3 is 10.1 Å². The first kappa shape index (κ1) is 16.0. The molecule has 0 unspecified atom stereocenters. The van der Waals surface area contributed by atoms with Crippen LogP contribution in [0.15, 0.2) is 48.5 Å². The van der Waals surface area contributed by atoms with Gasteiger partial charge in [-0.3, -0.25) is 4.79 Å². The molecule has 0 atom stereocenters. The van der Waals surface area contributed by atoms with E-state index in [2.05, 4.69) is 5.32 Å². The number of benzene rings is 2. The number of carbonyl (C=O) groups is 2. The van der Waals surface area contributed by atoms with Crippen LogP contribution in [0.1, 0.15) is 29.3 Å². The van der Waals surface area contributed by atoms with Crippen LogP contribution < -0.4 is 5.32 Å². The molecular weight excluding hydrogens is 302 g/mol. The van der Waals surface area contributed by atoms with Gasteiger partial charge in [-0.15, -0.1) is 0 Å². The fraction of sp³-hybridized carbons (Fsp3) is 0.176. The van der Waals surface area contributed by atoms with Gasteiger partial charge in [0.2, 0.25) is 5.91 Å². The van der Waals surface area contributed by atoms with Gasteiger partial charge in [-0.05, 0) is 35.9 Å². The highest BCUT2D eigenvalue weighted by atomic mass is 35.5. The lowest BCUT2D eigenvalue weighted by Gasteiger charge is -2.07. The summed E-state index contributed by atoms with van der Waals surface area (Å²) < 4.78 is 5.25. The normalized spacial score (nSPS) is 10.1. The Hall–Kier alpha value is -2.33. The third kappa shape index (κ3) is 4.60. The maximum absolute atomic E-state index is 12.0. The van der Waals surface area contributed by atoms with Crippen molar-refractivity contribution in [1.29, 1.82) is 0 Å². The zero-order valence-corrected chi connectivity index (χ0v) is 12.9. The number of hydrogen-bond acceptors (Lipinski definition) is 3. The molecule has 0 aliphatic rings. The second kappa shape index (κ2) is 7.61. The lowest BCUT2D eigenvalue weighted by molar-refractivity contribution is -0.115. The molecule has 2 rings (SSSR count). The average molecular weight is 318 g/mol. The minimum atomic E-state index is -0.442. The molecule has 1 amide bonds. The minimum Gasteiger partial charge on any atom is -0.457 e. The van der Waals surface area contributed by atoms with E-state index in [-0.39, 0.29) is 12.5 Å². The second-order valence-electron chi connectivity index (χ2n) is 4.69. The minimum absolute atomic E-state index is 0.105. The van der Waals surface area contributed by atoms with Crippen molar-refractivity contribution in [2.45, 2.75) is 20.0 Å². The fourth-order valence-electron chi connectivity index (χ4n) is 1.79. The van der Waals surface area contributed by atoms with E-state index in [0.717, 1.165) is 5.56 Å². The Kier molecular flexibility index (Phi) is 5.55. The number of amides is 1. The SMILES string of the molecule is CCC(=O)Nc1cccc(C(=O)OCc2ccc(Cl)cc2)c1. The Bertz CT molecular complexity index is 668. The maximum atomic E-state index is 12.0. The molecule has 0 spiro atoms. The van der Waals surface area contributed by atoms with Crippen LogP contribution in [0.2, 0.25) is 5.02 Å². The van der Waals surface area contributed by atoms with Crippen molar-refractivity contribution in [3.63, 3.8) is 0 Å². The van der Waals surface area contributed by atoms with Gasteiger partial charge in [0.15, 0.2) is 0 Å². The molecule has 0 aliphatic heterocycles. The Labute approximate surface area is 134 Å². The number of anilines is 1. The number of halogens is 1. The van der Waals surface area contributed by atoms with Crippen LogP contribution in [0.3, 0.4) is 0 Å². The lowest BCUT2D eigenvalue weighted by atomic mass is 10.2. The molecule has 2 aromatic rings. The summed E-state index contributed by atoms with van der Waals surface area (Å²) in [5.41, 5.74) is 1.82. The van der Waals surface area contributed by atoms with Crippen LogP contribution in [0.25, 0.3) is 0 Å². The summed E-state index contributed by atoms with van der Waals surface area (Å²) in [5.74, 6) is -0.547. The van der Waals surface area contributed by atoms with E-state index in [0.29, 0.717) is 22.7 Å². The first-order valence-electron chi connectivity index (χ1n) is 6.90. The van der Waals surface area contributed by atoms with Crippen LogP contribution >= 0.6 is 11.6 Å². The highest BCUT2D eigenvalue weighted by Crippen LogP contribution is 2.14. The summed E-state index contributed by atoms with van der Waals surface area (Å²) >= 11 is 5.80. The van der Waals surface area contributed by atoms with Crippen molar-refractivity contribution in [2.24, 2.45) is 0 Å². The Morgan fingerprint density at radius 3 is 2.55 bits per heavy atom. The first-order chi connectivity index (χ1) is 10.6. The van der Waals surface area contributed by atoms with Gasteiger partial charge in [-0.25, -0.2) is 4.79 Å². The van der Waals surface area contributed by atoms with Gasteiger partial charge in [0.25, 0.3) is 0 Å². The summed E-state index contributed by atoms with van der Waals surface area (Å²) in [4.78, 5) is 23.4. The van der Waals surface area contributed by atoms with E-state index in [1.165, 1.54) is 0 Å². The molecule has 5 heteroatoms. The average Bonchev–Trinajstić information content (AvgIpc) is 2.54. The smallest absolute Gasteiger partial charge is 0.338 e. The third-order valence-electron chi connectivity index (χ3n) is 2.99. The first-order valence-corrected chi connectivity index (χ1v) is 7.27. The lowest BCUT2D eigenvalue weighted by Crippen LogP contribution is -2.11. The Morgan fingerprint density at radius 2 is 1.86 bits per heavy atom. The van der Waals surface area contributed by atoms with Gasteiger partial charge >= 0.3 is 5.97 Å². The Balaban J connectivity index is 1.98. The third-order valence-corrected chi connectivity index (χ3v) is 3.24. The Morgan fingerprint density at radius 1 is 1.14 bits per heavy atom. The number of rotatable bonds is 5. The number of carbonyl (C=O) groups excluding carboxylic acids is 2. The maximum Gasteiger partial charge on any atom is 0.338 e. The second-order valence-corrected chi connectivity index (χ2v) is 5.12. The molecule has 0 saturated carbocycles. The molecule has 4 nitrogen and oxygen atoms in total. The molecule has 0 bridgehead atoms. The zero-order chi connectivity index (χ0) is 15.9. The predicted octanol–water partition coefficient (Wildman–Crippen LogP) is 4.05. The van der Waals surface area contributed by atoms with E-state index < -0.39 is 5.97 Å². The van der Waals surface area contributed by atoms with Crippen molar-refractivity contribution in [1.82, 2.24) is 0 Å². The van der Waals surface area contributed by atoms with Crippen molar-refractivity contribution in [2.75, 3.05) is 5.32 Å². The molecule has 22 heavy (non-hydrogen) atoms. The summed E-state index contributed by atoms with van der Waals surface area (Å²) in [6.45, 7) is 1.93. The molecule has 0 saturated heterocycles. The van der Waals surface area contributed by atoms with Gasteiger partial charge in [0, 0.05) is 17.1 Å². The quantitative estimate of drug-likeness (QED) is 0.846. The van der Waals surface area contributed by atoms with E-state index in [1.54, 1.807) is 55.5 Å². The number of esters is 1. The van der Waals surface area contributed by atoms with E-state index in [4.69, 9.17) is 16.3 Å². The molecule has 1 N–H and O–H groups in total. The van der Waals surface area contributed by atoms with Crippen molar-refractivity contribution < 1.29 is 14.3 Å². The molecular formula is C17H16ClNO3. The predicted molar refractivity (Wildman–Crippen MR) is 85.9 cm³/mol. The molecule has 0 heterocycles. The fourth-order valence-corrected chi connectivity index (χ4v) is 1.91. The van der Waals surface area contributed by atoms with Gasteiger partial charge in [-0.2, -0.15) is 0 Å². The summed E-state index contributed by atoms with van der Waals surface area (Å²) in [5, 5.41) is 3.34. The molecule has 114 valence electrons. The van der Waals surface area contributed by atoms with Crippen molar-refractivity contribution in [3.05, 3.63) is 64.7 Å². The van der Waals surface area contributed by atoms with Gasteiger partial charge in [0.05, 0.1) is 5.56 Å². The van der Waals surface area contributed by atoms with Crippen molar-refractivity contribution in [3.8, 4) is 0 Å². The zero-order valence-electron chi connectivity index (χ0n) is 12.1. The summed E-state index contributed by atoms with van der Waals surface area (Å²) in [6, 6.07) is 13.7. The standard InChI is InChI=1S/C17H16ClNO3/c1-2-16(20)19-15-5-3-4-13(10-15)17(21)22-11-12-6-8-14(18)9-7-12/h3-10H,2,11H2,1H3,(H,19,20). The molecule has 0 radical (unpaired) electrons. The molecule has 0 fully saturated rings. The number of ether oxygens (including phenoxy) is 1. The topological polar surface area (TPSA) is 55.4 Å². The highest BCUT2D eigenvalue weighted by Gasteiger charge is 2.09. The molecule has 0 aromatic heterocycles.